The van der Waals surface area contributed by atoms with Crippen LogP contribution >= 0.6 is 7.82 Å². The van der Waals surface area contributed by atoms with E-state index in [4.69, 9.17) is 18.5 Å². The average Bonchev–Trinajstić information content (AvgIpc) is 3.07. The lowest BCUT2D eigenvalue weighted by Gasteiger charge is -2.20. The normalized spacial score (nSPS) is 14.4. The van der Waals surface area contributed by atoms with Crippen molar-refractivity contribution in [2.75, 3.05) is 26.4 Å². The number of ether oxygens (including phenoxy) is 2. The maximum Gasteiger partial charge on any atom is 0.472 e. The maximum absolute atomic E-state index is 12.2. The third-order valence-corrected chi connectivity index (χ3v) is 8.87. The van der Waals surface area contributed by atoms with Crippen molar-refractivity contribution in [2.45, 2.75) is 174 Å². The first kappa shape index (κ1) is 46.5. The van der Waals surface area contributed by atoms with Crippen molar-refractivity contribution < 1.29 is 47.8 Å². The molecule has 0 amide bonds. The summed E-state index contributed by atoms with van der Waals surface area (Å²) in [5, 5.41) is 18.9. The molecule has 0 heterocycles. The summed E-state index contributed by atoms with van der Waals surface area (Å²) in [6, 6.07) is 0. The van der Waals surface area contributed by atoms with Gasteiger partial charge in [0.05, 0.1) is 26.4 Å². The maximum atomic E-state index is 12.2. The summed E-state index contributed by atoms with van der Waals surface area (Å²) in [5.74, 6) is -1.04. The van der Waals surface area contributed by atoms with Gasteiger partial charge in [-0.05, 0) is 44.9 Å². The summed E-state index contributed by atoms with van der Waals surface area (Å²) < 4.78 is 32.1. The molecule has 0 aromatic rings. The Labute approximate surface area is 291 Å². The Balaban J connectivity index is 3.84. The van der Waals surface area contributed by atoms with E-state index in [9.17, 15) is 29.3 Å². The van der Waals surface area contributed by atoms with Crippen molar-refractivity contribution in [3.05, 3.63) is 24.3 Å². The van der Waals surface area contributed by atoms with Crippen molar-refractivity contribution in [2.24, 2.45) is 0 Å². The standard InChI is InChI=1S/C37H69O10P/c1-3-5-7-9-10-11-12-13-14-15-16-17-18-19-20-21-22-23-24-25-27-29-37(41)47-35(31-39)33-45-48(42,43)44-32-34(30-38)46-36(40)28-26-8-6-4-2/h12-13,15-16,34-35,38-39H,3-11,14,17-33H2,1-2H3,(H,42,43)/b13-12-,16-15-. The van der Waals surface area contributed by atoms with Crippen LogP contribution in [0.25, 0.3) is 0 Å². The Bertz CT molecular complexity index is 863. The van der Waals surface area contributed by atoms with Gasteiger partial charge < -0.3 is 24.6 Å². The number of esters is 2. The van der Waals surface area contributed by atoms with Crippen LogP contribution in [0.2, 0.25) is 0 Å². The minimum Gasteiger partial charge on any atom is -0.457 e. The van der Waals surface area contributed by atoms with E-state index in [1.807, 2.05) is 0 Å². The van der Waals surface area contributed by atoms with Crippen LogP contribution in [0.4, 0.5) is 0 Å². The lowest BCUT2D eigenvalue weighted by Crippen LogP contribution is -2.28. The number of carbonyl (C=O) groups is 2. The number of hydrogen-bond acceptors (Lipinski definition) is 9. The zero-order valence-corrected chi connectivity index (χ0v) is 31.1. The van der Waals surface area contributed by atoms with E-state index in [2.05, 4.69) is 38.2 Å². The fourth-order valence-corrected chi connectivity index (χ4v) is 5.75. The molecule has 3 unspecified atom stereocenters. The van der Waals surface area contributed by atoms with Crippen molar-refractivity contribution in [1.29, 1.82) is 0 Å². The summed E-state index contributed by atoms with van der Waals surface area (Å²) in [6.07, 6.45) is 30.9. The van der Waals surface area contributed by atoms with Crippen molar-refractivity contribution in [3.8, 4) is 0 Å². The minimum atomic E-state index is -4.61. The number of unbranched alkanes of at least 4 members (excludes halogenated alkanes) is 17. The molecule has 0 aliphatic carbocycles. The van der Waals surface area contributed by atoms with E-state index in [1.165, 1.54) is 70.6 Å². The number of aliphatic hydroxyl groups excluding tert-OH is 2. The first-order valence-electron chi connectivity index (χ1n) is 18.8. The van der Waals surface area contributed by atoms with Crippen LogP contribution in [0, 0.1) is 0 Å². The van der Waals surface area contributed by atoms with E-state index < -0.39 is 58.4 Å². The van der Waals surface area contributed by atoms with Crippen LogP contribution in [0.3, 0.4) is 0 Å². The molecule has 0 aromatic carbocycles. The zero-order chi connectivity index (χ0) is 35.6. The molecule has 0 spiro atoms. The minimum absolute atomic E-state index is 0.184. The lowest BCUT2D eigenvalue weighted by atomic mass is 10.1. The summed E-state index contributed by atoms with van der Waals surface area (Å²) in [5.41, 5.74) is 0. The second-order valence-electron chi connectivity index (χ2n) is 12.6. The lowest BCUT2D eigenvalue weighted by molar-refractivity contribution is -0.153. The van der Waals surface area contributed by atoms with Gasteiger partial charge in [0.2, 0.25) is 0 Å². The highest BCUT2D eigenvalue weighted by atomic mass is 31.2. The second kappa shape index (κ2) is 33.9. The average molecular weight is 705 g/mol. The third-order valence-electron chi connectivity index (χ3n) is 7.92. The van der Waals surface area contributed by atoms with Gasteiger partial charge in [0.1, 0.15) is 12.2 Å². The van der Waals surface area contributed by atoms with Gasteiger partial charge in [0, 0.05) is 12.8 Å². The monoisotopic (exact) mass is 704 g/mol. The fourth-order valence-electron chi connectivity index (χ4n) is 4.97. The first-order chi connectivity index (χ1) is 23.3. The number of aliphatic hydroxyl groups is 2. The molecule has 0 saturated carbocycles. The third kappa shape index (κ3) is 31.7. The van der Waals surface area contributed by atoms with E-state index in [-0.39, 0.29) is 12.8 Å². The number of phosphoric acid groups is 1. The van der Waals surface area contributed by atoms with Crippen LogP contribution in [0.1, 0.15) is 162 Å². The molecule has 48 heavy (non-hydrogen) atoms. The first-order valence-corrected chi connectivity index (χ1v) is 20.3. The molecule has 0 fully saturated rings. The van der Waals surface area contributed by atoms with Crippen molar-refractivity contribution >= 4 is 19.8 Å². The van der Waals surface area contributed by atoms with E-state index in [0.29, 0.717) is 12.8 Å². The van der Waals surface area contributed by atoms with Crippen LogP contribution in [-0.4, -0.2) is 65.7 Å². The predicted molar refractivity (Wildman–Crippen MR) is 191 cm³/mol. The molecule has 0 rings (SSSR count). The summed E-state index contributed by atoms with van der Waals surface area (Å²) in [7, 11) is -4.61. The molecule has 0 radical (unpaired) electrons. The smallest absolute Gasteiger partial charge is 0.457 e. The molecule has 0 bridgehead atoms. The van der Waals surface area contributed by atoms with Crippen LogP contribution in [0.15, 0.2) is 24.3 Å². The Hall–Kier alpha value is -1.55. The van der Waals surface area contributed by atoms with Gasteiger partial charge in [-0.2, -0.15) is 0 Å². The summed E-state index contributed by atoms with van der Waals surface area (Å²) in [4.78, 5) is 34.0. The highest BCUT2D eigenvalue weighted by Gasteiger charge is 2.27. The van der Waals surface area contributed by atoms with E-state index >= 15 is 0 Å². The fraction of sp³-hybridized carbons (Fsp3) is 0.838. The van der Waals surface area contributed by atoms with Gasteiger partial charge in [0.25, 0.3) is 0 Å². The summed E-state index contributed by atoms with van der Waals surface area (Å²) in [6.45, 7) is 2.02. The topological polar surface area (TPSA) is 149 Å². The highest BCUT2D eigenvalue weighted by molar-refractivity contribution is 7.47. The number of hydrogen-bond donors (Lipinski definition) is 3. The highest BCUT2D eigenvalue weighted by Crippen LogP contribution is 2.43. The molecule has 282 valence electrons. The molecule has 0 aliphatic rings. The Morgan fingerprint density at radius 3 is 1.31 bits per heavy atom. The Morgan fingerprint density at radius 1 is 0.562 bits per heavy atom. The van der Waals surface area contributed by atoms with Gasteiger partial charge in [-0.1, -0.05) is 128 Å². The predicted octanol–water partition coefficient (Wildman–Crippen LogP) is 9.05. The molecule has 3 atom stereocenters. The zero-order valence-electron chi connectivity index (χ0n) is 30.2. The Morgan fingerprint density at radius 2 is 0.917 bits per heavy atom. The van der Waals surface area contributed by atoms with Gasteiger partial charge in [-0.25, -0.2) is 4.57 Å². The summed E-state index contributed by atoms with van der Waals surface area (Å²) >= 11 is 0. The van der Waals surface area contributed by atoms with Crippen molar-refractivity contribution in [3.63, 3.8) is 0 Å². The molecule has 0 saturated heterocycles. The SMILES string of the molecule is CCCCCCC/C=C\C/C=C\CCCCCCCCCCCC(=O)OC(CO)COP(=O)(O)OCC(CO)OC(=O)CCCCCC. The number of rotatable bonds is 35. The molecule has 0 aromatic heterocycles. The number of phosphoric ester groups is 1. The quantitative estimate of drug-likeness (QED) is 0.0252. The Kier molecular flexibility index (Phi) is 32.8. The molecular weight excluding hydrogens is 635 g/mol. The van der Waals surface area contributed by atoms with Crippen molar-refractivity contribution in [1.82, 2.24) is 0 Å². The molecule has 11 heteroatoms. The number of allylic oxidation sites excluding steroid dienone is 4. The molecule has 10 nitrogen and oxygen atoms in total. The van der Waals surface area contributed by atoms with Crippen LogP contribution in [-0.2, 0) is 32.7 Å². The van der Waals surface area contributed by atoms with Crippen LogP contribution < -0.4 is 0 Å². The van der Waals surface area contributed by atoms with E-state index in [1.54, 1.807) is 0 Å². The van der Waals surface area contributed by atoms with E-state index in [0.717, 1.165) is 51.4 Å². The molecule has 3 N–H and O–H groups in total. The van der Waals surface area contributed by atoms with Crippen LogP contribution in [0.5, 0.6) is 0 Å². The molecule has 0 aliphatic heterocycles. The van der Waals surface area contributed by atoms with Gasteiger partial charge >= 0.3 is 19.8 Å². The largest absolute Gasteiger partial charge is 0.472 e. The number of carbonyl (C=O) groups excluding carboxylic acids is 2. The van der Waals surface area contributed by atoms with Gasteiger partial charge in [0.15, 0.2) is 0 Å². The molecular formula is C37H69O10P. The second-order valence-corrected chi connectivity index (χ2v) is 14.0. The van der Waals surface area contributed by atoms with Gasteiger partial charge in [-0.3, -0.25) is 18.6 Å². The van der Waals surface area contributed by atoms with Gasteiger partial charge in [-0.15, -0.1) is 0 Å².